The van der Waals surface area contributed by atoms with Gasteiger partial charge in [0.2, 0.25) is 11.8 Å². The van der Waals surface area contributed by atoms with E-state index in [4.69, 9.17) is 5.11 Å². The number of likely N-dealkylation sites (tertiary alicyclic amines) is 2. The summed E-state index contributed by atoms with van der Waals surface area (Å²) < 4.78 is 0. The number of amides is 2. The van der Waals surface area contributed by atoms with Gasteiger partial charge >= 0.3 is 0 Å². The average molecular weight is 437 g/mol. The van der Waals surface area contributed by atoms with Crippen LogP contribution in [0.1, 0.15) is 49.9 Å². The van der Waals surface area contributed by atoms with Crippen molar-refractivity contribution in [3.63, 3.8) is 0 Å². The lowest BCUT2D eigenvalue weighted by atomic mass is 10.1. The Morgan fingerprint density at radius 1 is 0.844 bits per heavy atom. The fraction of sp³-hybridized carbons (Fsp3) is 0.423. The summed E-state index contributed by atoms with van der Waals surface area (Å²) in [6, 6.07) is 20.0. The molecule has 4 rings (SSSR count). The van der Waals surface area contributed by atoms with E-state index in [9.17, 15) is 14.4 Å². The summed E-state index contributed by atoms with van der Waals surface area (Å²) in [6.45, 7) is 5.36. The molecule has 0 aliphatic carbocycles. The molecular weight excluding hydrogens is 404 g/mol. The Bertz CT molecular complexity index is 903. The lowest BCUT2D eigenvalue weighted by Crippen LogP contribution is -2.28. The molecule has 4 atom stereocenters. The van der Waals surface area contributed by atoms with E-state index in [2.05, 4.69) is 0 Å². The second-order valence-electron chi connectivity index (χ2n) is 8.62. The zero-order valence-electron chi connectivity index (χ0n) is 18.8. The molecule has 0 radical (unpaired) electrons. The number of hydrogen-bond donors (Lipinski definition) is 1. The third kappa shape index (κ3) is 5.62. The summed E-state index contributed by atoms with van der Waals surface area (Å²) in [5.74, 6) is 0.209. The minimum atomic E-state index is -0.126. The van der Waals surface area contributed by atoms with Crippen LogP contribution in [0.15, 0.2) is 60.7 Å². The highest BCUT2D eigenvalue weighted by Gasteiger charge is 2.33. The molecule has 2 heterocycles. The monoisotopic (exact) mass is 436 g/mol. The Morgan fingerprint density at radius 3 is 1.72 bits per heavy atom. The number of rotatable bonds is 6. The van der Waals surface area contributed by atoms with Gasteiger partial charge in [0, 0.05) is 44.4 Å². The van der Waals surface area contributed by atoms with Gasteiger partial charge in [0.1, 0.15) is 6.29 Å². The molecular formula is C26H32N2O4. The molecule has 0 unspecified atom stereocenters. The smallest absolute Gasteiger partial charge is 0.223 e. The Balaban J connectivity index is 0.000000181. The van der Waals surface area contributed by atoms with E-state index in [-0.39, 0.29) is 42.3 Å². The third-order valence-electron chi connectivity index (χ3n) is 6.38. The SMILES string of the molecule is C[C@H](c1ccccc1)N1C[C@H](C=O)CC1=O.C[C@H](c1ccccc1)N1C[C@H](CO)CC1=O. The molecule has 2 saturated heterocycles. The average Bonchev–Trinajstić information content (AvgIpc) is 3.41. The van der Waals surface area contributed by atoms with Crippen molar-refractivity contribution < 1.29 is 19.5 Å². The molecule has 6 nitrogen and oxygen atoms in total. The number of aliphatic hydroxyl groups is 1. The van der Waals surface area contributed by atoms with E-state index in [1.165, 1.54) is 0 Å². The van der Waals surface area contributed by atoms with Gasteiger partial charge in [-0.05, 0) is 25.0 Å². The van der Waals surface area contributed by atoms with Crippen molar-refractivity contribution in [2.45, 2.75) is 38.8 Å². The van der Waals surface area contributed by atoms with Crippen molar-refractivity contribution in [2.75, 3.05) is 19.7 Å². The minimum Gasteiger partial charge on any atom is -0.396 e. The van der Waals surface area contributed by atoms with Crippen LogP contribution >= 0.6 is 0 Å². The molecule has 2 aliphatic heterocycles. The standard InChI is InChI=1S/C13H17NO2.C13H15NO2/c2*1-10(12-5-3-2-4-6-12)14-8-11(9-15)7-13(14)16/h2-6,10-11,15H,7-9H2,1H3;2-6,9-11H,7-8H2,1H3/t2*10-,11-/m11/s1. The lowest BCUT2D eigenvalue weighted by Gasteiger charge is -2.25. The van der Waals surface area contributed by atoms with Crippen molar-refractivity contribution in [3.05, 3.63) is 71.8 Å². The van der Waals surface area contributed by atoms with E-state index in [0.717, 1.165) is 17.4 Å². The summed E-state index contributed by atoms with van der Waals surface area (Å²) in [4.78, 5) is 37.8. The van der Waals surface area contributed by atoms with Gasteiger partial charge in [-0.2, -0.15) is 0 Å². The first-order valence-corrected chi connectivity index (χ1v) is 11.2. The van der Waals surface area contributed by atoms with E-state index < -0.39 is 0 Å². The van der Waals surface area contributed by atoms with Gasteiger partial charge in [-0.15, -0.1) is 0 Å². The van der Waals surface area contributed by atoms with Crippen LogP contribution in [0.5, 0.6) is 0 Å². The number of hydrogen-bond acceptors (Lipinski definition) is 4. The number of carbonyl (C=O) groups is 3. The van der Waals surface area contributed by atoms with Crippen LogP contribution in [-0.2, 0) is 14.4 Å². The summed E-state index contributed by atoms with van der Waals surface area (Å²) in [5, 5.41) is 9.08. The fourth-order valence-electron chi connectivity index (χ4n) is 4.35. The van der Waals surface area contributed by atoms with Gasteiger partial charge in [-0.25, -0.2) is 0 Å². The molecule has 2 aliphatic rings. The topological polar surface area (TPSA) is 77.9 Å². The van der Waals surface area contributed by atoms with Crippen molar-refractivity contribution in [1.29, 1.82) is 0 Å². The number of nitrogens with zero attached hydrogens (tertiary/aromatic N) is 2. The molecule has 0 spiro atoms. The fourth-order valence-corrected chi connectivity index (χ4v) is 4.35. The summed E-state index contributed by atoms with van der Waals surface area (Å²) in [6.07, 6.45) is 1.73. The molecule has 2 aromatic rings. The molecule has 2 aromatic carbocycles. The molecule has 170 valence electrons. The zero-order valence-corrected chi connectivity index (χ0v) is 18.8. The van der Waals surface area contributed by atoms with Gasteiger partial charge in [0.05, 0.1) is 12.1 Å². The van der Waals surface area contributed by atoms with Gasteiger partial charge in [-0.3, -0.25) is 9.59 Å². The molecule has 0 saturated carbocycles. The second kappa shape index (κ2) is 11.0. The van der Waals surface area contributed by atoms with E-state index in [0.29, 0.717) is 25.9 Å². The van der Waals surface area contributed by atoms with Crippen LogP contribution in [0.25, 0.3) is 0 Å². The first kappa shape index (κ1) is 23.7. The van der Waals surface area contributed by atoms with E-state index >= 15 is 0 Å². The first-order chi connectivity index (χ1) is 15.4. The first-order valence-electron chi connectivity index (χ1n) is 11.2. The molecule has 6 heteroatoms. The number of carbonyl (C=O) groups excluding carboxylic acids is 3. The van der Waals surface area contributed by atoms with Crippen LogP contribution in [0.3, 0.4) is 0 Å². The molecule has 2 amide bonds. The maximum absolute atomic E-state index is 11.8. The van der Waals surface area contributed by atoms with Crippen LogP contribution in [0.4, 0.5) is 0 Å². The van der Waals surface area contributed by atoms with Gasteiger partial charge in [-0.1, -0.05) is 60.7 Å². The van der Waals surface area contributed by atoms with Gasteiger partial charge in [0.15, 0.2) is 0 Å². The van der Waals surface area contributed by atoms with Crippen LogP contribution in [0.2, 0.25) is 0 Å². The largest absolute Gasteiger partial charge is 0.396 e. The molecule has 0 aromatic heterocycles. The quantitative estimate of drug-likeness (QED) is 0.704. The van der Waals surface area contributed by atoms with Crippen molar-refractivity contribution in [3.8, 4) is 0 Å². The highest BCUT2D eigenvalue weighted by Crippen LogP contribution is 2.28. The Hall–Kier alpha value is -2.99. The maximum Gasteiger partial charge on any atom is 0.223 e. The van der Waals surface area contributed by atoms with Crippen molar-refractivity contribution >= 4 is 18.1 Å². The summed E-state index contributed by atoms with van der Waals surface area (Å²) >= 11 is 0. The molecule has 32 heavy (non-hydrogen) atoms. The Kier molecular flexibility index (Phi) is 8.17. The van der Waals surface area contributed by atoms with E-state index in [1.807, 2.05) is 79.4 Å². The molecule has 2 fully saturated rings. The summed E-state index contributed by atoms with van der Waals surface area (Å²) in [7, 11) is 0. The van der Waals surface area contributed by atoms with Gasteiger partial charge in [0.25, 0.3) is 0 Å². The molecule has 1 N–H and O–H groups in total. The Morgan fingerprint density at radius 2 is 1.31 bits per heavy atom. The van der Waals surface area contributed by atoms with Crippen LogP contribution in [-0.4, -0.2) is 52.7 Å². The zero-order chi connectivity index (χ0) is 23.1. The highest BCUT2D eigenvalue weighted by atomic mass is 16.3. The normalized spacial score (nSPS) is 22.3. The van der Waals surface area contributed by atoms with Gasteiger partial charge < -0.3 is 19.7 Å². The van der Waals surface area contributed by atoms with Crippen molar-refractivity contribution in [2.24, 2.45) is 11.8 Å². The third-order valence-corrected chi connectivity index (χ3v) is 6.38. The predicted molar refractivity (Wildman–Crippen MR) is 123 cm³/mol. The number of aldehydes is 1. The lowest BCUT2D eigenvalue weighted by molar-refractivity contribution is -0.130. The van der Waals surface area contributed by atoms with Crippen LogP contribution < -0.4 is 0 Å². The number of benzene rings is 2. The van der Waals surface area contributed by atoms with Crippen LogP contribution in [0, 0.1) is 11.8 Å². The van der Waals surface area contributed by atoms with Crippen molar-refractivity contribution in [1.82, 2.24) is 9.80 Å². The van der Waals surface area contributed by atoms with E-state index in [1.54, 1.807) is 4.90 Å². The predicted octanol–water partition coefficient (Wildman–Crippen LogP) is 3.38. The Labute approximate surface area is 189 Å². The maximum atomic E-state index is 11.8. The highest BCUT2D eigenvalue weighted by molar-refractivity contribution is 5.83. The summed E-state index contributed by atoms with van der Waals surface area (Å²) in [5.41, 5.74) is 2.26. The molecule has 0 bridgehead atoms. The minimum absolute atomic E-state index is 0.0543. The number of aliphatic hydroxyl groups excluding tert-OH is 1. The second-order valence-corrected chi connectivity index (χ2v) is 8.62.